The Hall–Kier alpha value is -3.88. The van der Waals surface area contributed by atoms with Crippen molar-refractivity contribution in [1.82, 2.24) is 15.5 Å². The summed E-state index contributed by atoms with van der Waals surface area (Å²) in [4.78, 5) is 55.2. The van der Waals surface area contributed by atoms with Gasteiger partial charge in [-0.3, -0.25) is 9.59 Å². The van der Waals surface area contributed by atoms with Crippen LogP contribution in [-0.2, 0) is 30.3 Å². The highest BCUT2D eigenvalue weighted by molar-refractivity contribution is 5.93. The van der Waals surface area contributed by atoms with E-state index in [0.29, 0.717) is 12.0 Å². The fourth-order valence-corrected chi connectivity index (χ4v) is 4.38. The molecular weight excluding hydrogens is 534 g/mol. The summed E-state index contributed by atoms with van der Waals surface area (Å²) in [6.07, 6.45) is 0.0320. The second-order valence-electron chi connectivity index (χ2n) is 12.5. The van der Waals surface area contributed by atoms with Gasteiger partial charge in [0, 0.05) is 13.0 Å². The van der Waals surface area contributed by atoms with Gasteiger partial charge >= 0.3 is 12.1 Å². The Labute approximate surface area is 250 Å². The number of rotatable bonds is 11. The molecule has 9 heteroatoms. The highest BCUT2D eigenvalue weighted by Crippen LogP contribution is 2.25. The van der Waals surface area contributed by atoms with Gasteiger partial charge in [-0.1, -0.05) is 67.1 Å². The average Bonchev–Trinajstić information content (AvgIpc) is 2.86. The molecule has 3 amide bonds. The molecule has 0 aromatic heterocycles. The van der Waals surface area contributed by atoms with E-state index in [-0.39, 0.29) is 13.0 Å². The number of nitrogens with zero attached hydrogens (tertiary/aromatic N) is 1. The van der Waals surface area contributed by atoms with E-state index in [1.54, 1.807) is 54.5 Å². The number of carbonyl (C=O) groups excluding carboxylic acids is 4. The summed E-state index contributed by atoms with van der Waals surface area (Å²) >= 11 is 0. The Morgan fingerprint density at radius 1 is 0.857 bits per heavy atom. The minimum absolute atomic E-state index is 0.209. The number of hydrogen-bond acceptors (Lipinski definition) is 6. The van der Waals surface area contributed by atoms with Crippen molar-refractivity contribution in [3.05, 3.63) is 71.3 Å². The number of esters is 1. The highest BCUT2D eigenvalue weighted by atomic mass is 16.6. The van der Waals surface area contributed by atoms with Crippen LogP contribution in [0.1, 0.15) is 84.5 Å². The molecule has 0 fully saturated rings. The van der Waals surface area contributed by atoms with E-state index < -0.39 is 53.2 Å². The van der Waals surface area contributed by atoms with Gasteiger partial charge in [-0.25, -0.2) is 9.59 Å². The maximum atomic E-state index is 14.2. The molecule has 230 valence electrons. The summed E-state index contributed by atoms with van der Waals surface area (Å²) in [6.45, 7) is 16.1. The predicted octanol–water partition coefficient (Wildman–Crippen LogP) is 5.26. The standard InChI is InChI=1S/C33H47N3O6/c1-10-19-36(29(38)23(3)34-31(40)42-33(7,8)9)27(25-18-14-15-22(2)20-25)28(37)35-26(30(39)41-32(4,5)6)21-24-16-12-11-13-17-24/h11-18,20,23,26-27H,10,19,21H2,1-9H3,(H,34,40)(H,35,37). The van der Waals surface area contributed by atoms with Crippen molar-refractivity contribution in [2.24, 2.45) is 0 Å². The monoisotopic (exact) mass is 581 g/mol. The maximum Gasteiger partial charge on any atom is 0.408 e. The van der Waals surface area contributed by atoms with E-state index in [2.05, 4.69) is 10.6 Å². The third-order valence-electron chi connectivity index (χ3n) is 6.06. The first-order valence-corrected chi connectivity index (χ1v) is 14.4. The quantitative estimate of drug-likeness (QED) is 0.350. The van der Waals surface area contributed by atoms with Gasteiger partial charge in [-0.15, -0.1) is 0 Å². The summed E-state index contributed by atoms with van der Waals surface area (Å²) in [5.41, 5.74) is 0.829. The Balaban J connectivity index is 2.48. The van der Waals surface area contributed by atoms with E-state index in [1.807, 2.05) is 62.4 Å². The molecule has 2 rings (SSSR count). The van der Waals surface area contributed by atoms with E-state index in [0.717, 1.165) is 11.1 Å². The number of ether oxygens (including phenoxy) is 2. The van der Waals surface area contributed by atoms with Crippen LogP contribution in [0.25, 0.3) is 0 Å². The minimum Gasteiger partial charge on any atom is -0.458 e. The number of alkyl carbamates (subject to hydrolysis) is 1. The molecule has 0 aliphatic rings. The van der Waals surface area contributed by atoms with Crippen LogP contribution in [0.4, 0.5) is 4.79 Å². The summed E-state index contributed by atoms with van der Waals surface area (Å²) < 4.78 is 11.0. The lowest BCUT2D eigenvalue weighted by Gasteiger charge is -2.34. The molecule has 2 N–H and O–H groups in total. The molecule has 42 heavy (non-hydrogen) atoms. The normalized spacial score (nSPS) is 13.7. The molecule has 2 aromatic rings. The number of hydrogen-bond donors (Lipinski definition) is 2. The van der Waals surface area contributed by atoms with Crippen LogP contribution in [-0.4, -0.2) is 58.6 Å². The van der Waals surface area contributed by atoms with Crippen LogP contribution in [0, 0.1) is 6.92 Å². The van der Waals surface area contributed by atoms with Gasteiger partial charge in [0.1, 0.15) is 29.3 Å². The van der Waals surface area contributed by atoms with Crippen molar-refractivity contribution in [3.8, 4) is 0 Å². The fraction of sp³-hybridized carbons (Fsp3) is 0.515. The summed E-state index contributed by atoms with van der Waals surface area (Å²) in [5, 5.41) is 5.48. The van der Waals surface area contributed by atoms with Crippen LogP contribution >= 0.6 is 0 Å². The first-order chi connectivity index (χ1) is 19.5. The molecule has 0 aliphatic heterocycles. The van der Waals surface area contributed by atoms with E-state index in [9.17, 15) is 19.2 Å². The smallest absolute Gasteiger partial charge is 0.408 e. The van der Waals surface area contributed by atoms with Crippen LogP contribution in [0.2, 0.25) is 0 Å². The second kappa shape index (κ2) is 14.8. The lowest BCUT2D eigenvalue weighted by Crippen LogP contribution is -2.54. The van der Waals surface area contributed by atoms with Crippen molar-refractivity contribution in [2.75, 3.05) is 6.54 Å². The van der Waals surface area contributed by atoms with Gasteiger partial charge < -0.3 is 25.0 Å². The van der Waals surface area contributed by atoms with Crippen molar-refractivity contribution < 1.29 is 28.7 Å². The first kappa shape index (κ1) is 34.3. The van der Waals surface area contributed by atoms with Crippen molar-refractivity contribution in [1.29, 1.82) is 0 Å². The average molecular weight is 582 g/mol. The Bertz CT molecular complexity index is 1220. The van der Waals surface area contributed by atoms with E-state index in [4.69, 9.17) is 9.47 Å². The SMILES string of the molecule is CCCN(C(=O)C(C)NC(=O)OC(C)(C)C)C(C(=O)NC(Cc1ccccc1)C(=O)OC(C)(C)C)c1cccc(C)c1. The predicted molar refractivity (Wildman–Crippen MR) is 163 cm³/mol. The minimum atomic E-state index is -1.07. The van der Waals surface area contributed by atoms with Gasteiger partial charge in [-0.2, -0.15) is 0 Å². The molecular formula is C33H47N3O6. The van der Waals surface area contributed by atoms with Crippen molar-refractivity contribution in [3.63, 3.8) is 0 Å². The number of aryl methyl sites for hydroxylation is 1. The van der Waals surface area contributed by atoms with E-state index >= 15 is 0 Å². The largest absolute Gasteiger partial charge is 0.458 e. The molecule has 0 radical (unpaired) electrons. The second-order valence-corrected chi connectivity index (χ2v) is 12.5. The van der Waals surface area contributed by atoms with Crippen LogP contribution < -0.4 is 10.6 Å². The van der Waals surface area contributed by atoms with Crippen LogP contribution in [0.5, 0.6) is 0 Å². The molecule has 2 aromatic carbocycles. The topological polar surface area (TPSA) is 114 Å². The molecule has 0 heterocycles. The molecule has 3 unspecified atom stereocenters. The molecule has 0 saturated heterocycles. The number of benzene rings is 2. The van der Waals surface area contributed by atoms with Gasteiger partial charge in [0.2, 0.25) is 11.8 Å². The third kappa shape index (κ3) is 11.2. The van der Waals surface area contributed by atoms with Crippen LogP contribution in [0.15, 0.2) is 54.6 Å². The Morgan fingerprint density at radius 2 is 1.48 bits per heavy atom. The third-order valence-corrected chi connectivity index (χ3v) is 6.06. The van der Waals surface area contributed by atoms with Gasteiger partial charge in [0.25, 0.3) is 0 Å². The number of carbonyl (C=O) groups is 4. The summed E-state index contributed by atoms with van der Waals surface area (Å²) in [7, 11) is 0. The molecule has 0 saturated carbocycles. The highest BCUT2D eigenvalue weighted by Gasteiger charge is 2.37. The molecule has 0 spiro atoms. The lowest BCUT2D eigenvalue weighted by atomic mass is 9.99. The zero-order valence-corrected chi connectivity index (χ0v) is 26.4. The van der Waals surface area contributed by atoms with E-state index in [1.165, 1.54) is 4.90 Å². The van der Waals surface area contributed by atoms with Crippen molar-refractivity contribution in [2.45, 2.75) is 104 Å². The maximum absolute atomic E-state index is 14.2. The number of nitrogens with one attached hydrogen (secondary N) is 2. The Kier molecular flexibility index (Phi) is 12.1. The first-order valence-electron chi connectivity index (χ1n) is 14.4. The van der Waals surface area contributed by atoms with Crippen LogP contribution in [0.3, 0.4) is 0 Å². The van der Waals surface area contributed by atoms with Crippen molar-refractivity contribution >= 4 is 23.9 Å². The molecule has 0 bridgehead atoms. The zero-order valence-electron chi connectivity index (χ0n) is 26.4. The summed E-state index contributed by atoms with van der Waals surface area (Å²) in [6, 6.07) is 13.6. The lowest BCUT2D eigenvalue weighted by molar-refractivity contribution is -0.159. The zero-order chi connectivity index (χ0) is 31.7. The van der Waals surface area contributed by atoms with Gasteiger partial charge in [0.05, 0.1) is 0 Å². The fourth-order valence-electron chi connectivity index (χ4n) is 4.38. The molecule has 9 nitrogen and oxygen atoms in total. The molecule has 0 aliphatic carbocycles. The van der Waals surface area contributed by atoms with Gasteiger partial charge in [-0.05, 0) is 72.9 Å². The summed E-state index contributed by atoms with van der Waals surface area (Å²) in [5.74, 6) is -1.56. The molecule has 3 atom stereocenters. The Morgan fingerprint density at radius 3 is 2.02 bits per heavy atom. The van der Waals surface area contributed by atoms with Gasteiger partial charge in [0.15, 0.2) is 0 Å². The number of amides is 3.